The molecule has 1 aromatic heterocycles. The van der Waals surface area contributed by atoms with E-state index in [0.717, 1.165) is 23.2 Å². The number of aromatic amines is 1. The van der Waals surface area contributed by atoms with Crippen LogP contribution in [0.3, 0.4) is 0 Å². The average molecular weight is 258 g/mol. The molecular formula is C16H22N2O. The normalized spacial score (nSPS) is 11.8. The Balaban J connectivity index is 2.50. The van der Waals surface area contributed by atoms with Gasteiger partial charge in [-0.3, -0.25) is 0 Å². The Morgan fingerprint density at radius 1 is 1.26 bits per heavy atom. The van der Waals surface area contributed by atoms with E-state index in [1.807, 2.05) is 13.1 Å². The highest BCUT2D eigenvalue weighted by atomic mass is 16.3. The molecule has 0 spiro atoms. The summed E-state index contributed by atoms with van der Waals surface area (Å²) in [4.78, 5) is 7.15. The molecule has 0 radical (unpaired) electrons. The third-order valence-electron chi connectivity index (χ3n) is 3.63. The van der Waals surface area contributed by atoms with E-state index in [1.54, 1.807) is 6.33 Å². The molecule has 102 valence electrons. The molecule has 3 heteroatoms. The second-order valence-corrected chi connectivity index (χ2v) is 6.20. The summed E-state index contributed by atoms with van der Waals surface area (Å²) in [5.41, 5.74) is 5.39. The van der Waals surface area contributed by atoms with E-state index in [2.05, 4.69) is 43.7 Å². The predicted octanol–water partition coefficient (Wildman–Crippen LogP) is 3.62. The Morgan fingerprint density at radius 2 is 1.95 bits per heavy atom. The van der Waals surface area contributed by atoms with Gasteiger partial charge >= 0.3 is 0 Å². The predicted molar refractivity (Wildman–Crippen MR) is 77.7 cm³/mol. The maximum Gasteiger partial charge on any atom is 0.122 e. The number of aryl methyl sites for hydroxylation is 1. The fourth-order valence-electron chi connectivity index (χ4n) is 2.43. The summed E-state index contributed by atoms with van der Waals surface area (Å²) < 4.78 is 0. The molecule has 19 heavy (non-hydrogen) atoms. The van der Waals surface area contributed by atoms with Crippen LogP contribution in [0, 0.1) is 13.8 Å². The summed E-state index contributed by atoms with van der Waals surface area (Å²) in [6, 6.07) is 2.11. The average Bonchev–Trinajstić information content (AvgIpc) is 2.80. The van der Waals surface area contributed by atoms with E-state index in [1.165, 1.54) is 11.1 Å². The van der Waals surface area contributed by atoms with E-state index in [-0.39, 0.29) is 5.41 Å². The van der Waals surface area contributed by atoms with Gasteiger partial charge in [0.25, 0.3) is 0 Å². The van der Waals surface area contributed by atoms with Gasteiger partial charge in [0.2, 0.25) is 0 Å². The van der Waals surface area contributed by atoms with Crippen molar-refractivity contribution in [3.05, 3.63) is 46.5 Å². The molecule has 2 rings (SSSR count). The second-order valence-electron chi connectivity index (χ2n) is 6.20. The van der Waals surface area contributed by atoms with Gasteiger partial charge in [0.1, 0.15) is 5.75 Å². The number of H-pyrrole nitrogens is 1. The highest BCUT2D eigenvalue weighted by Gasteiger charge is 2.22. The summed E-state index contributed by atoms with van der Waals surface area (Å²) in [6.07, 6.45) is 4.28. The molecule has 0 saturated carbocycles. The molecule has 0 atom stereocenters. The van der Waals surface area contributed by atoms with Crippen LogP contribution in [0.25, 0.3) is 0 Å². The van der Waals surface area contributed by atoms with Crippen molar-refractivity contribution in [1.82, 2.24) is 9.97 Å². The molecule has 0 saturated heterocycles. The molecule has 3 nitrogen and oxygen atoms in total. The summed E-state index contributed by atoms with van der Waals surface area (Å²) in [7, 11) is 0. The number of aromatic nitrogens is 2. The van der Waals surface area contributed by atoms with Crippen LogP contribution in [0.1, 0.15) is 48.7 Å². The lowest BCUT2D eigenvalue weighted by molar-refractivity contribution is 0.441. The fraction of sp³-hybridized carbons (Fsp3) is 0.438. The number of imidazole rings is 1. The Morgan fingerprint density at radius 3 is 2.47 bits per heavy atom. The fourth-order valence-corrected chi connectivity index (χ4v) is 2.43. The van der Waals surface area contributed by atoms with Crippen molar-refractivity contribution in [1.29, 1.82) is 0 Å². The van der Waals surface area contributed by atoms with Gasteiger partial charge in [-0.15, -0.1) is 0 Å². The van der Waals surface area contributed by atoms with E-state index >= 15 is 0 Å². The number of rotatable bonds is 2. The van der Waals surface area contributed by atoms with Gasteiger partial charge in [-0.1, -0.05) is 26.8 Å². The first-order chi connectivity index (χ1) is 8.80. The number of nitrogens with one attached hydrogen (secondary N) is 1. The third-order valence-corrected chi connectivity index (χ3v) is 3.63. The van der Waals surface area contributed by atoms with Crippen molar-refractivity contribution in [2.24, 2.45) is 0 Å². The molecule has 0 amide bonds. The van der Waals surface area contributed by atoms with Gasteiger partial charge in [-0.05, 0) is 41.5 Å². The number of aromatic hydroxyl groups is 1. The lowest BCUT2D eigenvalue weighted by atomic mass is 9.82. The summed E-state index contributed by atoms with van der Waals surface area (Å²) in [6.45, 7) is 10.5. The molecule has 0 aliphatic heterocycles. The number of nitrogens with zero attached hydrogens (tertiary/aromatic N) is 1. The van der Waals surface area contributed by atoms with Gasteiger partial charge < -0.3 is 10.1 Å². The minimum Gasteiger partial charge on any atom is -0.507 e. The Hall–Kier alpha value is -1.77. The zero-order valence-corrected chi connectivity index (χ0v) is 12.3. The topological polar surface area (TPSA) is 48.9 Å². The standard InChI is InChI=1S/C16H22N2O/c1-10-6-14(16(3,4)5)15(19)11(2)13(10)7-12-8-17-9-18-12/h6,8-9,19H,7H2,1-5H3,(H,17,18). The van der Waals surface area contributed by atoms with E-state index in [4.69, 9.17) is 0 Å². The summed E-state index contributed by atoms with van der Waals surface area (Å²) in [5.74, 6) is 0.424. The Kier molecular flexibility index (Phi) is 3.40. The largest absolute Gasteiger partial charge is 0.507 e. The van der Waals surface area contributed by atoms with Crippen molar-refractivity contribution >= 4 is 0 Å². The molecule has 2 aromatic rings. The Bertz CT molecular complexity index is 578. The maximum atomic E-state index is 10.4. The van der Waals surface area contributed by atoms with Crippen LogP contribution < -0.4 is 0 Å². The van der Waals surface area contributed by atoms with Crippen LogP contribution in [-0.2, 0) is 11.8 Å². The number of benzene rings is 1. The molecule has 0 fully saturated rings. The van der Waals surface area contributed by atoms with Crippen molar-refractivity contribution < 1.29 is 5.11 Å². The molecule has 1 aromatic carbocycles. The molecule has 2 N–H and O–H groups in total. The lowest BCUT2D eigenvalue weighted by Crippen LogP contribution is -2.13. The van der Waals surface area contributed by atoms with Gasteiger partial charge in [0, 0.05) is 18.3 Å². The molecule has 0 bridgehead atoms. The molecule has 0 unspecified atom stereocenters. The van der Waals surface area contributed by atoms with E-state index in [9.17, 15) is 5.11 Å². The van der Waals surface area contributed by atoms with Crippen molar-refractivity contribution in [2.45, 2.75) is 46.5 Å². The van der Waals surface area contributed by atoms with E-state index in [0.29, 0.717) is 5.75 Å². The van der Waals surface area contributed by atoms with Crippen LogP contribution in [0.2, 0.25) is 0 Å². The van der Waals surface area contributed by atoms with Crippen LogP contribution in [-0.4, -0.2) is 15.1 Å². The second kappa shape index (κ2) is 4.72. The first-order valence-corrected chi connectivity index (χ1v) is 6.60. The smallest absolute Gasteiger partial charge is 0.122 e. The van der Waals surface area contributed by atoms with Gasteiger partial charge in [-0.2, -0.15) is 0 Å². The number of phenolic OH excluding ortho intramolecular Hbond substituents is 1. The minimum absolute atomic E-state index is 0.0495. The van der Waals surface area contributed by atoms with Crippen molar-refractivity contribution in [3.8, 4) is 5.75 Å². The highest BCUT2D eigenvalue weighted by Crippen LogP contribution is 2.36. The minimum atomic E-state index is -0.0495. The first-order valence-electron chi connectivity index (χ1n) is 6.60. The molecule has 0 aliphatic carbocycles. The van der Waals surface area contributed by atoms with Crippen LogP contribution in [0.4, 0.5) is 0 Å². The quantitative estimate of drug-likeness (QED) is 0.864. The first kappa shape index (κ1) is 13.7. The molecule has 0 aliphatic rings. The van der Waals surface area contributed by atoms with Crippen LogP contribution >= 0.6 is 0 Å². The van der Waals surface area contributed by atoms with Gasteiger partial charge in [0.05, 0.1) is 6.33 Å². The monoisotopic (exact) mass is 258 g/mol. The highest BCUT2D eigenvalue weighted by molar-refractivity contribution is 5.52. The van der Waals surface area contributed by atoms with Crippen molar-refractivity contribution in [3.63, 3.8) is 0 Å². The lowest BCUT2D eigenvalue weighted by Gasteiger charge is -2.24. The van der Waals surface area contributed by atoms with Gasteiger partial charge in [-0.25, -0.2) is 4.98 Å². The van der Waals surface area contributed by atoms with Crippen LogP contribution in [0.15, 0.2) is 18.6 Å². The van der Waals surface area contributed by atoms with Gasteiger partial charge in [0.15, 0.2) is 0 Å². The third kappa shape index (κ3) is 2.65. The zero-order valence-electron chi connectivity index (χ0n) is 12.3. The van der Waals surface area contributed by atoms with Crippen LogP contribution in [0.5, 0.6) is 5.75 Å². The zero-order chi connectivity index (χ0) is 14.2. The SMILES string of the molecule is Cc1cc(C(C)(C)C)c(O)c(C)c1Cc1cnc[nH]1. The maximum absolute atomic E-state index is 10.4. The number of hydrogen-bond acceptors (Lipinski definition) is 2. The van der Waals surface area contributed by atoms with Crippen molar-refractivity contribution in [2.75, 3.05) is 0 Å². The Labute approximate surface area is 114 Å². The molecule has 1 heterocycles. The van der Waals surface area contributed by atoms with E-state index < -0.39 is 0 Å². The molecular weight excluding hydrogens is 236 g/mol. The number of phenols is 1. The summed E-state index contributed by atoms with van der Waals surface area (Å²) >= 11 is 0. The summed E-state index contributed by atoms with van der Waals surface area (Å²) in [5, 5.41) is 10.4. The number of hydrogen-bond donors (Lipinski definition) is 2.